The zero-order chi connectivity index (χ0) is 32.7. The van der Waals surface area contributed by atoms with Crippen LogP contribution in [0, 0.1) is 0 Å². The van der Waals surface area contributed by atoms with Crippen LogP contribution in [0.2, 0.25) is 0 Å². The number of aliphatic imine (C=N–C) groups is 1. The highest BCUT2D eigenvalue weighted by Gasteiger charge is 2.68. The molecular weight excluding hydrogens is 739 g/mol. The van der Waals surface area contributed by atoms with Gasteiger partial charge in [0.2, 0.25) is 15.5 Å². The number of Topliss-reactive ketones (excluding diaryl/α,β-unsaturated/α-hetero) is 1. The van der Waals surface area contributed by atoms with Crippen LogP contribution < -0.4 is 26.4 Å². The number of nitrogens with one attached hydrogen (secondary N) is 4. The van der Waals surface area contributed by atoms with Crippen LogP contribution in [0.3, 0.4) is 0 Å². The third-order valence-electron chi connectivity index (χ3n) is 6.31. The first-order valence-corrected chi connectivity index (χ1v) is 15.7. The molecule has 23 heteroatoms. The van der Waals surface area contributed by atoms with Crippen molar-refractivity contribution in [3.05, 3.63) is 35.9 Å². The van der Waals surface area contributed by atoms with E-state index in [2.05, 4.69) is 29.8 Å². The Morgan fingerprint density at radius 3 is 2.39 bits per heavy atom. The molecule has 3 heterocycles. The molecule has 5 atom stereocenters. The number of primary amides is 1. The number of hydrogen-bond acceptors (Lipinski definition) is 13. The normalized spacial score (nSPS) is 26.8. The van der Waals surface area contributed by atoms with Gasteiger partial charge >= 0.3 is 22.4 Å². The first-order chi connectivity index (χ1) is 20.3. The lowest BCUT2D eigenvalue weighted by atomic mass is 9.90. The number of hydrogen-bond donors (Lipinski definition) is 5. The first kappa shape index (κ1) is 35.0. The van der Waals surface area contributed by atoms with Gasteiger partial charge in [0.1, 0.15) is 25.5 Å². The van der Waals surface area contributed by atoms with Gasteiger partial charge in [0, 0.05) is 0 Å². The second kappa shape index (κ2) is 13.1. The molecule has 0 bridgehead atoms. The zero-order valence-electron chi connectivity index (χ0n) is 21.6. The molecule has 242 valence electrons. The molecule has 1 unspecified atom stereocenters. The topological polar surface area (TPSA) is 220 Å². The molecule has 4 rings (SSSR count). The van der Waals surface area contributed by atoms with Crippen LogP contribution in [0.15, 0.2) is 35.3 Å². The SMILES string of the molecule is NC(=O)OC[C@@H]1N=C(NC(=O)C(Cl)(Cl)Cl)N2C[C@H](OC(=O)c3ccccc3)C(=O)[C@@]23NC(NS(=O)(=O)OCC(Cl)(Cl)Cl)N[C@@H]13. The van der Waals surface area contributed by atoms with Crippen molar-refractivity contribution in [2.75, 3.05) is 19.8 Å². The number of guanidine groups is 1. The van der Waals surface area contributed by atoms with Gasteiger partial charge in [-0.3, -0.25) is 29.7 Å². The van der Waals surface area contributed by atoms with Crippen molar-refractivity contribution >= 4 is 110 Å². The fraction of sp³-hybridized carbons (Fsp3) is 0.476. The Balaban J connectivity index is 1.72. The Morgan fingerprint density at radius 2 is 1.80 bits per heavy atom. The van der Waals surface area contributed by atoms with Crippen molar-refractivity contribution < 1.29 is 41.3 Å². The maximum absolute atomic E-state index is 14.1. The molecule has 0 aliphatic carbocycles. The van der Waals surface area contributed by atoms with E-state index in [1.54, 1.807) is 18.2 Å². The van der Waals surface area contributed by atoms with Crippen molar-refractivity contribution in [1.82, 2.24) is 25.6 Å². The van der Waals surface area contributed by atoms with E-state index in [-0.39, 0.29) is 11.5 Å². The van der Waals surface area contributed by atoms with Gasteiger partial charge in [0.15, 0.2) is 11.8 Å². The molecule has 1 aromatic carbocycles. The minimum atomic E-state index is -4.66. The van der Waals surface area contributed by atoms with E-state index in [9.17, 15) is 27.6 Å². The average Bonchev–Trinajstić information content (AvgIpc) is 3.42. The van der Waals surface area contributed by atoms with E-state index < -0.39 is 91.5 Å². The Morgan fingerprint density at radius 1 is 1.14 bits per heavy atom. The van der Waals surface area contributed by atoms with Crippen molar-refractivity contribution in [3.8, 4) is 0 Å². The number of carbonyl (C=O) groups is 4. The van der Waals surface area contributed by atoms with Crippen LogP contribution in [-0.2, 0) is 33.6 Å². The zero-order valence-corrected chi connectivity index (χ0v) is 27.0. The van der Waals surface area contributed by atoms with Crippen LogP contribution >= 0.6 is 69.6 Å². The molecule has 16 nitrogen and oxygen atoms in total. The fourth-order valence-electron chi connectivity index (χ4n) is 4.66. The summed E-state index contributed by atoms with van der Waals surface area (Å²) in [5, 5.41) is 7.87. The van der Waals surface area contributed by atoms with Crippen LogP contribution in [-0.4, -0.2) is 101 Å². The molecule has 44 heavy (non-hydrogen) atoms. The van der Waals surface area contributed by atoms with Gasteiger partial charge in [-0.25, -0.2) is 14.6 Å². The molecule has 2 saturated heterocycles. The Labute approximate surface area is 279 Å². The number of rotatable bonds is 8. The molecule has 1 aromatic rings. The molecule has 6 N–H and O–H groups in total. The van der Waals surface area contributed by atoms with Gasteiger partial charge in [0.25, 0.3) is 9.70 Å². The van der Waals surface area contributed by atoms with Crippen molar-refractivity contribution in [1.29, 1.82) is 0 Å². The predicted octanol–water partition coefficient (Wildman–Crippen LogP) is 0.179. The molecule has 0 saturated carbocycles. The van der Waals surface area contributed by atoms with Crippen molar-refractivity contribution in [3.63, 3.8) is 0 Å². The van der Waals surface area contributed by atoms with Gasteiger partial charge < -0.3 is 20.1 Å². The summed E-state index contributed by atoms with van der Waals surface area (Å²) < 4.78 is 37.9. The van der Waals surface area contributed by atoms with Gasteiger partial charge in [0.05, 0.1) is 18.2 Å². The second-order valence-electron chi connectivity index (χ2n) is 9.27. The Kier molecular flexibility index (Phi) is 10.4. The number of halogens is 6. The smallest absolute Gasteiger partial charge is 0.404 e. The predicted molar refractivity (Wildman–Crippen MR) is 157 cm³/mol. The Bertz CT molecular complexity index is 1460. The monoisotopic (exact) mass is 757 g/mol. The molecule has 3 aliphatic heterocycles. The summed E-state index contributed by atoms with van der Waals surface area (Å²) in [6, 6.07) is 5.24. The lowest BCUT2D eigenvalue weighted by Crippen LogP contribution is -2.73. The van der Waals surface area contributed by atoms with Crippen LogP contribution in [0.1, 0.15) is 10.4 Å². The molecule has 0 radical (unpaired) electrons. The number of ether oxygens (including phenoxy) is 2. The lowest BCUT2D eigenvalue weighted by Gasteiger charge is -2.44. The average molecular weight is 760 g/mol. The van der Waals surface area contributed by atoms with Gasteiger partial charge in [-0.05, 0) is 12.1 Å². The van der Waals surface area contributed by atoms with Gasteiger partial charge in [-0.2, -0.15) is 13.1 Å². The standard InChI is InChI=1S/C21H21Cl6N7O9S/c22-19(23,24)8-42-44(39,40)33-17-30-12-10(7-41-16(28)38)29-18(31-15(37)21(25,26)27)34-6-11(13(35)20(12,34)32-17)43-14(36)9-4-2-1-3-5-9/h1-5,10-12,17,30,32-33H,6-8H2,(H2,28,38)(H,29,31,37)/t10-,11-,12-,17?,20-/m0/s1. The number of benzene rings is 1. The lowest BCUT2D eigenvalue weighted by molar-refractivity contribution is -0.132. The highest BCUT2D eigenvalue weighted by atomic mass is 35.6. The summed E-state index contributed by atoms with van der Waals surface area (Å²) in [6.45, 7) is -1.88. The van der Waals surface area contributed by atoms with E-state index in [0.717, 1.165) is 0 Å². The number of carbonyl (C=O) groups excluding carboxylic acids is 4. The summed E-state index contributed by atoms with van der Waals surface area (Å²) in [5.41, 5.74) is 3.21. The summed E-state index contributed by atoms with van der Waals surface area (Å²) in [4.78, 5) is 56.6. The number of amides is 2. The van der Waals surface area contributed by atoms with Crippen LogP contribution in [0.25, 0.3) is 0 Å². The number of nitrogens with zero attached hydrogens (tertiary/aromatic N) is 2. The van der Waals surface area contributed by atoms with E-state index in [4.69, 9.17) is 84.8 Å². The first-order valence-electron chi connectivity index (χ1n) is 12.1. The van der Waals surface area contributed by atoms with Crippen LogP contribution in [0.5, 0.6) is 0 Å². The summed E-state index contributed by atoms with van der Waals surface area (Å²) in [6.07, 6.45) is -4.23. The summed E-state index contributed by atoms with van der Waals surface area (Å²) >= 11 is 33.9. The quantitative estimate of drug-likeness (QED) is 0.177. The fourth-order valence-corrected chi connectivity index (χ4v) is 5.97. The van der Waals surface area contributed by atoms with Gasteiger partial charge in [-0.15, -0.1) is 0 Å². The van der Waals surface area contributed by atoms with Crippen molar-refractivity contribution in [2.24, 2.45) is 10.7 Å². The van der Waals surface area contributed by atoms with Crippen molar-refractivity contribution in [2.45, 2.75) is 37.7 Å². The second-order valence-corrected chi connectivity index (χ2v) is 15.5. The largest absolute Gasteiger partial charge is 0.449 e. The van der Waals surface area contributed by atoms with Gasteiger partial charge in [-0.1, -0.05) is 87.8 Å². The molecule has 2 fully saturated rings. The highest BCUT2D eigenvalue weighted by Crippen LogP contribution is 2.38. The maximum Gasteiger partial charge on any atom is 0.404 e. The number of ketones is 1. The van der Waals surface area contributed by atoms with E-state index in [1.807, 2.05) is 0 Å². The number of alkyl halides is 6. The molecule has 3 aliphatic rings. The molecule has 0 aromatic heterocycles. The maximum atomic E-state index is 14.1. The minimum Gasteiger partial charge on any atom is -0.449 e. The summed E-state index contributed by atoms with van der Waals surface area (Å²) in [7, 11) is -4.66. The molecular formula is C21H21Cl6N7O9S. The number of esters is 1. The molecule has 2 amide bonds. The number of nitrogens with two attached hydrogens (primary N) is 1. The third-order valence-corrected chi connectivity index (χ3v) is 8.10. The minimum absolute atomic E-state index is 0.125. The summed E-state index contributed by atoms with van der Waals surface area (Å²) in [5.74, 6) is -3.25. The highest BCUT2D eigenvalue weighted by molar-refractivity contribution is 7.84. The molecule has 1 spiro atoms. The van der Waals surface area contributed by atoms with E-state index in [0.29, 0.717) is 0 Å². The van der Waals surface area contributed by atoms with E-state index in [1.165, 1.54) is 17.0 Å². The Hall–Kier alpha value is -1.90. The van der Waals surface area contributed by atoms with Crippen LogP contribution in [0.4, 0.5) is 4.79 Å². The van der Waals surface area contributed by atoms with E-state index >= 15 is 0 Å². The third kappa shape index (κ3) is 7.90.